The van der Waals surface area contributed by atoms with E-state index in [4.69, 9.17) is 37.0 Å². The van der Waals surface area contributed by atoms with Gasteiger partial charge in [-0.15, -0.1) is 0 Å². The number of hydrogen-bond acceptors (Lipinski definition) is 15. The first-order valence-electron chi connectivity index (χ1n) is 42.1. The molecule has 0 aromatic heterocycles. The highest BCUT2D eigenvalue weighted by atomic mass is 31.2. The number of aliphatic hydroxyl groups excluding tert-OH is 1. The number of carbonyl (C=O) groups excluding carboxylic acids is 4. The van der Waals surface area contributed by atoms with Crippen molar-refractivity contribution in [3.63, 3.8) is 0 Å². The lowest BCUT2D eigenvalue weighted by molar-refractivity contribution is -0.161. The average Bonchev–Trinajstić information content (AvgIpc) is 0.933. The predicted molar refractivity (Wildman–Crippen MR) is 436 cm³/mol. The fourth-order valence-corrected chi connectivity index (χ4v) is 13.0. The van der Waals surface area contributed by atoms with E-state index in [1.165, 1.54) is 135 Å². The molecule has 19 heteroatoms. The van der Waals surface area contributed by atoms with Crippen molar-refractivity contribution in [3.05, 3.63) is 109 Å². The fraction of sp³-hybridized carbons (Fsp3) is 0.747. The maximum absolute atomic E-state index is 13.1. The van der Waals surface area contributed by atoms with Gasteiger partial charge in [0.1, 0.15) is 19.3 Å². The number of phosphoric ester groups is 2. The highest BCUT2D eigenvalue weighted by Gasteiger charge is 2.30. The summed E-state index contributed by atoms with van der Waals surface area (Å²) < 4.78 is 68.7. The minimum Gasteiger partial charge on any atom is -0.462 e. The molecule has 0 aromatic rings. The highest BCUT2D eigenvalue weighted by molar-refractivity contribution is 7.47. The average molecular weight is 1530 g/mol. The van der Waals surface area contributed by atoms with E-state index in [1.54, 1.807) is 0 Å². The molecule has 0 saturated heterocycles. The van der Waals surface area contributed by atoms with Crippen LogP contribution in [-0.4, -0.2) is 96.7 Å². The summed E-state index contributed by atoms with van der Waals surface area (Å²) in [4.78, 5) is 73.1. The van der Waals surface area contributed by atoms with Gasteiger partial charge >= 0.3 is 39.5 Å². The minimum atomic E-state index is -4.99. The van der Waals surface area contributed by atoms with Crippen LogP contribution in [0.1, 0.15) is 362 Å². The summed E-state index contributed by atoms with van der Waals surface area (Å²) in [6.45, 7) is 4.70. The molecule has 0 radical (unpaired) electrons. The molecule has 3 N–H and O–H groups in total. The number of esters is 4. The maximum atomic E-state index is 13.1. The molecule has 0 heterocycles. The van der Waals surface area contributed by atoms with Gasteiger partial charge in [-0.2, -0.15) is 0 Å². The number of unbranched alkanes of at least 4 members (excludes halogenated alkanes) is 35. The molecule has 17 nitrogen and oxygen atoms in total. The van der Waals surface area contributed by atoms with E-state index in [1.807, 2.05) is 12.2 Å². The van der Waals surface area contributed by atoms with E-state index >= 15 is 0 Å². The van der Waals surface area contributed by atoms with Gasteiger partial charge < -0.3 is 33.8 Å². The van der Waals surface area contributed by atoms with Crippen molar-refractivity contribution in [1.29, 1.82) is 0 Å². The van der Waals surface area contributed by atoms with Gasteiger partial charge in [-0.05, 0) is 103 Å². The third-order valence-electron chi connectivity index (χ3n) is 17.8. The van der Waals surface area contributed by atoms with E-state index in [0.717, 1.165) is 141 Å². The summed E-state index contributed by atoms with van der Waals surface area (Å²) >= 11 is 0. The molecule has 5 atom stereocenters. The molecule has 0 aliphatic carbocycles. The zero-order chi connectivity index (χ0) is 77.4. The quantitative estimate of drug-likeness (QED) is 0.0169. The van der Waals surface area contributed by atoms with Crippen molar-refractivity contribution in [2.45, 2.75) is 380 Å². The third kappa shape index (κ3) is 77.9. The van der Waals surface area contributed by atoms with Gasteiger partial charge in [-0.1, -0.05) is 343 Å². The number of hydrogen-bond donors (Lipinski definition) is 3. The molecule has 0 amide bonds. The zero-order valence-electron chi connectivity index (χ0n) is 67.1. The first-order chi connectivity index (χ1) is 51.7. The second-order valence-electron chi connectivity index (χ2n) is 28.1. The molecule has 0 aromatic carbocycles. The van der Waals surface area contributed by atoms with E-state index in [-0.39, 0.29) is 25.7 Å². The first kappa shape index (κ1) is 102. The Morgan fingerprint density at radius 3 is 0.830 bits per heavy atom. The first-order valence-corrected chi connectivity index (χ1v) is 45.1. The Balaban J connectivity index is 5.39. The van der Waals surface area contributed by atoms with Gasteiger partial charge in [0.05, 0.1) is 26.4 Å². The van der Waals surface area contributed by atoms with E-state index < -0.39 is 97.5 Å². The SMILES string of the molecule is CC/C=C\C/C=C\C/C=C\C/C=C\C/C=C\C/C=C\CCC(=O)OCC(COP(=O)(O)OCC(O)COP(=O)(O)OCC(COC(=O)CCCCCCCC/C=C\C/C=C\C/C=C\CCCCC)OC(=O)CCCCCCCCCCCCCCC)OC(=O)CCCCCCCCCCCCCCCCC. The molecule has 5 unspecified atom stereocenters. The van der Waals surface area contributed by atoms with Crippen molar-refractivity contribution < 1.29 is 80.2 Å². The number of aliphatic hydroxyl groups is 1. The predicted octanol–water partition coefficient (Wildman–Crippen LogP) is 24.9. The molecule has 0 rings (SSSR count). The minimum absolute atomic E-state index is 0.0377. The molecule has 0 fully saturated rings. The van der Waals surface area contributed by atoms with E-state index in [2.05, 4.69) is 125 Å². The number of phosphoric acid groups is 2. The Hall–Kier alpha value is -4.28. The largest absolute Gasteiger partial charge is 0.472 e. The molecule has 0 aliphatic heterocycles. The topological polar surface area (TPSA) is 237 Å². The monoisotopic (exact) mass is 1530 g/mol. The Kier molecular flexibility index (Phi) is 75.6. The fourth-order valence-electron chi connectivity index (χ4n) is 11.4. The molecular formula is C87H152O17P2. The Morgan fingerprint density at radius 1 is 0.274 bits per heavy atom. The van der Waals surface area contributed by atoms with Gasteiger partial charge in [-0.25, -0.2) is 9.13 Å². The van der Waals surface area contributed by atoms with Crippen LogP contribution in [0.15, 0.2) is 109 Å². The summed E-state index contributed by atoms with van der Waals surface area (Å²) in [5.74, 6) is -2.26. The van der Waals surface area contributed by atoms with Crippen LogP contribution < -0.4 is 0 Å². The van der Waals surface area contributed by atoms with Crippen LogP contribution in [0.2, 0.25) is 0 Å². The molecular weight excluding hydrogens is 1380 g/mol. The smallest absolute Gasteiger partial charge is 0.462 e. The van der Waals surface area contributed by atoms with Crippen LogP contribution in [0.5, 0.6) is 0 Å². The highest BCUT2D eigenvalue weighted by Crippen LogP contribution is 2.45. The van der Waals surface area contributed by atoms with Crippen LogP contribution in [0.25, 0.3) is 0 Å². The van der Waals surface area contributed by atoms with Gasteiger partial charge in [0.25, 0.3) is 0 Å². The van der Waals surface area contributed by atoms with Crippen molar-refractivity contribution in [2.75, 3.05) is 39.6 Å². The van der Waals surface area contributed by atoms with Crippen LogP contribution >= 0.6 is 15.6 Å². The number of ether oxygens (including phenoxy) is 4. The summed E-state index contributed by atoms with van der Waals surface area (Å²) in [6.07, 6.45) is 86.4. The Bertz CT molecular complexity index is 2430. The number of carbonyl (C=O) groups is 4. The van der Waals surface area contributed by atoms with Crippen LogP contribution in [0.3, 0.4) is 0 Å². The Morgan fingerprint density at radius 2 is 0.509 bits per heavy atom. The zero-order valence-corrected chi connectivity index (χ0v) is 68.9. The second kappa shape index (κ2) is 78.8. The molecule has 106 heavy (non-hydrogen) atoms. The molecule has 612 valence electrons. The second-order valence-corrected chi connectivity index (χ2v) is 31.0. The van der Waals surface area contributed by atoms with Gasteiger partial charge in [0, 0.05) is 25.7 Å². The van der Waals surface area contributed by atoms with E-state index in [9.17, 15) is 43.2 Å². The summed E-state index contributed by atoms with van der Waals surface area (Å²) in [5, 5.41) is 10.7. The third-order valence-corrected chi connectivity index (χ3v) is 19.7. The number of rotatable bonds is 79. The van der Waals surface area contributed by atoms with Gasteiger partial charge in [0.15, 0.2) is 12.2 Å². The molecule has 0 saturated carbocycles. The normalized spacial score (nSPS) is 14.4. The standard InChI is InChI=1S/C87H152O17P2/c1-5-9-13-17-21-25-29-33-36-38-40-42-45-48-51-55-59-63-67-71-84(89)97-77-82(103-86(91)73-69-65-61-57-53-47-32-28-24-20-16-12-8-4)79-101-105(93,94)99-75-81(88)76-100-106(95,96)102-80-83(104-87(92)74-70-66-62-58-54-50-44-35-31-27-23-19-15-11-7-3)78-98-85(90)72-68-64-60-56-52-49-46-43-41-39-37-34-30-26-22-18-14-10-6-2/h10,14,21-22,25-26,33-34,36-37,40-43,49,52,60,64,81-83,88H,5-9,11-13,15-20,23-24,27-32,35,38-39,44-48,50-51,53-59,61-63,65-80H2,1-4H3,(H,93,94)(H,95,96)/b14-10-,25-21-,26-22-,36-33-,37-34-,42-40-,43-41-,52-49-,64-60-. The van der Waals surface area contributed by atoms with Crippen LogP contribution in [0, 0.1) is 0 Å². The molecule has 0 spiro atoms. The molecule has 0 bridgehead atoms. The lowest BCUT2D eigenvalue weighted by Crippen LogP contribution is -2.30. The van der Waals surface area contributed by atoms with Gasteiger partial charge in [0.2, 0.25) is 0 Å². The lowest BCUT2D eigenvalue weighted by Gasteiger charge is -2.21. The maximum Gasteiger partial charge on any atom is 0.472 e. The van der Waals surface area contributed by atoms with Crippen molar-refractivity contribution in [3.8, 4) is 0 Å². The van der Waals surface area contributed by atoms with E-state index in [0.29, 0.717) is 32.1 Å². The summed E-state index contributed by atoms with van der Waals surface area (Å²) in [7, 11) is -9.98. The molecule has 0 aliphatic rings. The number of allylic oxidation sites excluding steroid dienone is 18. The lowest BCUT2D eigenvalue weighted by atomic mass is 10.0. The summed E-state index contributed by atoms with van der Waals surface area (Å²) in [6, 6.07) is 0. The van der Waals surface area contributed by atoms with Crippen LogP contribution in [-0.2, 0) is 65.4 Å². The van der Waals surface area contributed by atoms with Crippen molar-refractivity contribution >= 4 is 39.5 Å². The summed E-state index contributed by atoms with van der Waals surface area (Å²) in [5.41, 5.74) is 0. The van der Waals surface area contributed by atoms with Crippen molar-refractivity contribution in [2.24, 2.45) is 0 Å². The van der Waals surface area contributed by atoms with Crippen LogP contribution in [0.4, 0.5) is 0 Å². The van der Waals surface area contributed by atoms with Crippen molar-refractivity contribution in [1.82, 2.24) is 0 Å². The Labute approximate surface area is 645 Å². The van der Waals surface area contributed by atoms with Gasteiger partial charge in [-0.3, -0.25) is 37.3 Å².